The maximum atomic E-state index is 12.2. The molecule has 2 heterocycles. The maximum absolute atomic E-state index is 12.2. The van der Waals surface area contributed by atoms with Gasteiger partial charge in [-0.25, -0.2) is 14.8 Å². The number of nitrogens with zero attached hydrogens (tertiary/aromatic N) is 2. The van der Waals surface area contributed by atoms with Crippen molar-refractivity contribution in [1.82, 2.24) is 9.97 Å². The van der Waals surface area contributed by atoms with Gasteiger partial charge in [-0.05, 0) is 35.9 Å². The van der Waals surface area contributed by atoms with Gasteiger partial charge in [-0.1, -0.05) is 34.1 Å². The number of halogens is 1. The molecule has 0 aliphatic rings. The molecule has 134 valence electrons. The highest BCUT2D eigenvalue weighted by molar-refractivity contribution is 9.10. The Labute approximate surface area is 167 Å². The Morgan fingerprint density at radius 1 is 1.04 bits per heavy atom. The van der Waals surface area contributed by atoms with Crippen LogP contribution in [-0.4, -0.2) is 16.0 Å². The van der Waals surface area contributed by atoms with Gasteiger partial charge in [0.15, 0.2) is 0 Å². The number of aromatic nitrogens is 2. The lowest BCUT2D eigenvalue weighted by molar-refractivity contribution is 0.262. The zero-order chi connectivity index (χ0) is 18.8. The van der Waals surface area contributed by atoms with Crippen molar-refractivity contribution in [3.05, 3.63) is 64.7 Å². The molecule has 0 aliphatic heterocycles. The third-order valence-electron chi connectivity index (χ3n) is 3.94. The van der Waals surface area contributed by atoms with Crippen LogP contribution in [0.2, 0.25) is 0 Å². The van der Waals surface area contributed by atoms with Crippen molar-refractivity contribution in [3.8, 4) is 11.1 Å². The van der Waals surface area contributed by atoms with E-state index in [-0.39, 0.29) is 6.03 Å². The first kappa shape index (κ1) is 17.4. The Balaban J connectivity index is 1.51. The van der Waals surface area contributed by atoms with E-state index in [4.69, 9.17) is 5.73 Å². The first-order valence-corrected chi connectivity index (χ1v) is 9.69. The van der Waals surface area contributed by atoms with Crippen LogP contribution < -0.4 is 16.4 Å². The van der Waals surface area contributed by atoms with E-state index < -0.39 is 0 Å². The van der Waals surface area contributed by atoms with Crippen LogP contribution in [0.15, 0.2) is 64.7 Å². The number of urea groups is 1. The molecule has 4 aromatic rings. The number of fused-ring (bicyclic) bond motifs is 1. The molecule has 0 spiro atoms. The van der Waals surface area contributed by atoms with E-state index in [1.807, 2.05) is 53.9 Å². The van der Waals surface area contributed by atoms with Crippen LogP contribution >= 0.6 is 27.3 Å². The summed E-state index contributed by atoms with van der Waals surface area (Å²) in [5, 5.41) is 8.48. The number of amides is 2. The normalized spacial score (nSPS) is 10.7. The summed E-state index contributed by atoms with van der Waals surface area (Å²) >= 11 is 4.90. The smallest absolute Gasteiger partial charge is 0.323 e. The Morgan fingerprint density at radius 2 is 1.81 bits per heavy atom. The SMILES string of the molecule is Nc1ncnc2scc(-c3ccc(NC(=O)Nc4cccc(Br)c4)cc3)c12. The first-order valence-electron chi connectivity index (χ1n) is 8.02. The molecule has 4 N–H and O–H groups in total. The molecular weight excluding hydrogens is 426 g/mol. The molecular formula is C19H14BrN5OS. The minimum absolute atomic E-state index is 0.306. The van der Waals surface area contributed by atoms with Gasteiger partial charge in [0.25, 0.3) is 0 Å². The van der Waals surface area contributed by atoms with Gasteiger partial charge < -0.3 is 16.4 Å². The van der Waals surface area contributed by atoms with E-state index in [1.54, 1.807) is 0 Å². The van der Waals surface area contributed by atoms with Crippen LogP contribution in [0.5, 0.6) is 0 Å². The number of nitrogens with two attached hydrogens (primary N) is 1. The lowest BCUT2D eigenvalue weighted by atomic mass is 10.1. The zero-order valence-corrected chi connectivity index (χ0v) is 16.3. The minimum atomic E-state index is -0.306. The number of hydrogen-bond donors (Lipinski definition) is 3. The largest absolute Gasteiger partial charge is 0.383 e. The molecule has 0 fully saturated rings. The van der Waals surface area contributed by atoms with Crippen molar-refractivity contribution in [2.75, 3.05) is 16.4 Å². The molecule has 2 aromatic heterocycles. The molecule has 0 aliphatic carbocycles. The number of nitrogen functional groups attached to an aromatic ring is 1. The van der Waals surface area contributed by atoms with Gasteiger partial charge in [-0.3, -0.25) is 0 Å². The van der Waals surface area contributed by atoms with Crippen molar-refractivity contribution < 1.29 is 4.79 Å². The van der Waals surface area contributed by atoms with Crippen LogP contribution in [0.3, 0.4) is 0 Å². The number of thiophene rings is 1. The summed E-state index contributed by atoms with van der Waals surface area (Å²) in [4.78, 5) is 21.3. The number of hydrogen-bond acceptors (Lipinski definition) is 5. The van der Waals surface area contributed by atoms with E-state index in [2.05, 4.69) is 36.5 Å². The van der Waals surface area contributed by atoms with Crippen molar-refractivity contribution in [1.29, 1.82) is 0 Å². The van der Waals surface area contributed by atoms with Gasteiger partial charge in [0.1, 0.15) is 17.0 Å². The molecule has 0 saturated carbocycles. The van der Waals surface area contributed by atoms with Gasteiger partial charge in [0.05, 0.1) is 5.39 Å². The molecule has 0 unspecified atom stereocenters. The predicted octanol–water partition coefficient (Wildman–Crippen LogP) is 5.35. The molecule has 8 heteroatoms. The second-order valence-electron chi connectivity index (χ2n) is 5.76. The fraction of sp³-hybridized carbons (Fsp3) is 0. The van der Waals surface area contributed by atoms with E-state index in [9.17, 15) is 4.79 Å². The summed E-state index contributed by atoms with van der Waals surface area (Å²) in [6.45, 7) is 0. The number of anilines is 3. The molecule has 0 saturated heterocycles. The van der Waals surface area contributed by atoms with Crippen LogP contribution in [0.25, 0.3) is 21.3 Å². The van der Waals surface area contributed by atoms with Crippen molar-refractivity contribution >= 4 is 60.7 Å². The summed E-state index contributed by atoms with van der Waals surface area (Å²) < 4.78 is 0.899. The highest BCUT2D eigenvalue weighted by Gasteiger charge is 2.11. The number of rotatable bonds is 3. The van der Waals surface area contributed by atoms with Crippen LogP contribution in [-0.2, 0) is 0 Å². The van der Waals surface area contributed by atoms with E-state index in [0.29, 0.717) is 17.2 Å². The highest BCUT2D eigenvalue weighted by Crippen LogP contribution is 2.35. The molecule has 6 nitrogen and oxygen atoms in total. The van der Waals surface area contributed by atoms with E-state index in [0.717, 1.165) is 25.8 Å². The maximum Gasteiger partial charge on any atom is 0.323 e. The number of carbonyl (C=O) groups is 1. The number of benzene rings is 2. The molecule has 2 amide bonds. The van der Waals surface area contributed by atoms with Crippen LogP contribution in [0, 0.1) is 0 Å². The topological polar surface area (TPSA) is 92.9 Å². The van der Waals surface area contributed by atoms with Crippen LogP contribution in [0.1, 0.15) is 0 Å². The third-order valence-corrected chi connectivity index (χ3v) is 5.32. The second kappa shape index (κ2) is 7.34. The Morgan fingerprint density at radius 3 is 2.59 bits per heavy atom. The van der Waals surface area contributed by atoms with Gasteiger partial charge in [-0.2, -0.15) is 0 Å². The fourth-order valence-corrected chi connectivity index (χ4v) is 4.03. The Bertz CT molecular complexity index is 1130. The summed E-state index contributed by atoms with van der Waals surface area (Å²) in [6.07, 6.45) is 1.47. The molecule has 0 bridgehead atoms. The minimum Gasteiger partial charge on any atom is -0.383 e. The first-order chi connectivity index (χ1) is 13.1. The van der Waals surface area contributed by atoms with Gasteiger partial charge in [-0.15, -0.1) is 11.3 Å². The molecule has 27 heavy (non-hydrogen) atoms. The lowest BCUT2D eigenvalue weighted by Crippen LogP contribution is -2.19. The summed E-state index contributed by atoms with van der Waals surface area (Å²) in [5.41, 5.74) is 9.37. The number of nitrogens with one attached hydrogen (secondary N) is 2. The number of carbonyl (C=O) groups excluding carboxylic acids is 1. The lowest BCUT2D eigenvalue weighted by Gasteiger charge is -2.09. The average molecular weight is 440 g/mol. The summed E-state index contributed by atoms with van der Waals surface area (Å²) in [5.74, 6) is 0.465. The highest BCUT2D eigenvalue weighted by atomic mass is 79.9. The quantitative estimate of drug-likeness (QED) is 0.401. The predicted molar refractivity (Wildman–Crippen MR) is 114 cm³/mol. The molecule has 4 rings (SSSR count). The van der Waals surface area contributed by atoms with Gasteiger partial charge >= 0.3 is 6.03 Å². The Kier molecular flexibility index (Phi) is 4.74. The third kappa shape index (κ3) is 3.76. The van der Waals surface area contributed by atoms with Crippen LogP contribution in [0.4, 0.5) is 22.0 Å². The summed E-state index contributed by atoms with van der Waals surface area (Å²) in [7, 11) is 0. The molecule has 2 aromatic carbocycles. The van der Waals surface area contributed by atoms with E-state index in [1.165, 1.54) is 17.7 Å². The van der Waals surface area contributed by atoms with Crippen molar-refractivity contribution in [3.63, 3.8) is 0 Å². The van der Waals surface area contributed by atoms with E-state index >= 15 is 0 Å². The second-order valence-corrected chi connectivity index (χ2v) is 7.53. The average Bonchev–Trinajstić information content (AvgIpc) is 3.08. The Hall–Kier alpha value is -2.97. The zero-order valence-electron chi connectivity index (χ0n) is 13.9. The van der Waals surface area contributed by atoms with Gasteiger partial charge in [0.2, 0.25) is 0 Å². The fourth-order valence-electron chi connectivity index (χ4n) is 2.70. The van der Waals surface area contributed by atoms with Crippen molar-refractivity contribution in [2.45, 2.75) is 0 Å². The monoisotopic (exact) mass is 439 g/mol. The standard InChI is InChI=1S/C19H14BrN5OS/c20-12-2-1-3-14(8-12)25-19(26)24-13-6-4-11(5-7-13)15-9-27-18-16(15)17(21)22-10-23-18/h1-10H,(H2,21,22,23)(H2,24,25,26). The van der Waals surface area contributed by atoms with Crippen molar-refractivity contribution in [2.24, 2.45) is 0 Å². The summed E-state index contributed by atoms with van der Waals surface area (Å²) in [6, 6.07) is 14.7. The molecule has 0 radical (unpaired) electrons. The molecule has 0 atom stereocenters. The van der Waals surface area contributed by atoms with Gasteiger partial charge in [0, 0.05) is 26.8 Å².